The Morgan fingerprint density at radius 1 is 1.24 bits per heavy atom. The SMILES string of the molecule is Cc1cccc(C(=O)Nc2cc(C(N)=O)ccc2Cl)c1Br. The molecule has 0 bridgehead atoms. The van der Waals surface area contributed by atoms with E-state index in [-0.39, 0.29) is 11.5 Å². The van der Waals surface area contributed by atoms with Crippen LogP contribution in [-0.2, 0) is 0 Å². The minimum Gasteiger partial charge on any atom is -0.366 e. The lowest BCUT2D eigenvalue weighted by atomic mass is 10.1. The van der Waals surface area contributed by atoms with Crippen molar-refractivity contribution in [3.05, 3.63) is 62.6 Å². The number of primary amides is 1. The molecule has 0 saturated carbocycles. The van der Waals surface area contributed by atoms with Crippen molar-refractivity contribution >= 4 is 45.0 Å². The number of rotatable bonds is 3. The zero-order valence-electron chi connectivity index (χ0n) is 11.1. The zero-order valence-corrected chi connectivity index (χ0v) is 13.5. The van der Waals surface area contributed by atoms with Crippen LogP contribution in [0.2, 0.25) is 5.02 Å². The zero-order chi connectivity index (χ0) is 15.6. The van der Waals surface area contributed by atoms with Crippen LogP contribution in [0.3, 0.4) is 0 Å². The number of anilines is 1. The standard InChI is InChI=1S/C15H12BrClN2O2/c1-8-3-2-4-10(13(8)16)15(21)19-12-7-9(14(18)20)5-6-11(12)17/h2-7H,1H3,(H2,18,20)(H,19,21). The molecule has 2 amide bonds. The molecule has 0 atom stereocenters. The number of halogens is 2. The van der Waals surface area contributed by atoms with Crippen molar-refractivity contribution in [3.8, 4) is 0 Å². The largest absolute Gasteiger partial charge is 0.366 e. The first-order valence-corrected chi connectivity index (χ1v) is 7.23. The third-order valence-electron chi connectivity index (χ3n) is 2.94. The number of carbonyl (C=O) groups excluding carboxylic acids is 2. The lowest BCUT2D eigenvalue weighted by Crippen LogP contribution is -2.15. The molecule has 0 aliphatic heterocycles. The van der Waals surface area contributed by atoms with E-state index in [4.69, 9.17) is 17.3 Å². The summed E-state index contributed by atoms with van der Waals surface area (Å²) in [6.07, 6.45) is 0. The molecule has 21 heavy (non-hydrogen) atoms. The van der Waals surface area contributed by atoms with Gasteiger partial charge in [0.2, 0.25) is 5.91 Å². The number of carbonyl (C=O) groups is 2. The quantitative estimate of drug-likeness (QED) is 0.867. The molecule has 0 fully saturated rings. The first kappa shape index (κ1) is 15.5. The van der Waals surface area contributed by atoms with Crippen LogP contribution in [0.4, 0.5) is 5.69 Å². The van der Waals surface area contributed by atoms with Crippen molar-refractivity contribution in [2.45, 2.75) is 6.92 Å². The average molecular weight is 368 g/mol. The van der Waals surface area contributed by atoms with Gasteiger partial charge in [-0.3, -0.25) is 9.59 Å². The molecule has 0 unspecified atom stereocenters. The predicted octanol–water partition coefficient (Wildman–Crippen LogP) is 3.76. The maximum absolute atomic E-state index is 12.3. The molecule has 0 aliphatic rings. The van der Waals surface area contributed by atoms with Crippen LogP contribution >= 0.6 is 27.5 Å². The van der Waals surface area contributed by atoms with Gasteiger partial charge in [-0.1, -0.05) is 23.7 Å². The van der Waals surface area contributed by atoms with E-state index in [9.17, 15) is 9.59 Å². The second kappa shape index (κ2) is 6.28. The molecule has 2 aromatic carbocycles. The van der Waals surface area contributed by atoms with Gasteiger partial charge in [0.25, 0.3) is 5.91 Å². The smallest absolute Gasteiger partial charge is 0.256 e. The first-order valence-electron chi connectivity index (χ1n) is 6.06. The van der Waals surface area contributed by atoms with Gasteiger partial charge in [0.05, 0.1) is 16.3 Å². The van der Waals surface area contributed by atoms with Gasteiger partial charge in [0.15, 0.2) is 0 Å². The number of hydrogen-bond acceptors (Lipinski definition) is 2. The Labute approximate surface area is 135 Å². The summed E-state index contributed by atoms with van der Waals surface area (Å²) in [6, 6.07) is 9.84. The summed E-state index contributed by atoms with van der Waals surface area (Å²) in [5.74, 6) is -0.909. The Kier molecular flexibility index (Phi) is 4.65. The van der Waals surface area contributed by atoms with Crippen LogP contribution in [0.25, 0.3) is 0 Å². The molecule has 6 heteroatoms. The van der Waals surface area contributed by atoms with Crippen LogP contribution in [0.5, 0.6) is 0 Å². The molecule has 0 heterocycles. The molecule has 0 aromatic heterocycles. The van der Waals surface area contributed by atoms with Crippen LogP contribution in [0.1, 0.15) is 26.3 Å². The van der Waals surface area contributed by atoms with Crippen molar-refractivity contribution < 1.29 is 9.59 Å². The van der Waals surface area contributed by atoms with E-state index in [0.29, 0.717) is 20.7 Å². The van der Waals surface area contributed by atoms with Crippen molar-refractivity contribution in [2.24, 2.45) is 5.73 Å². The predicted molar refractivity (Wildman–Crippen MR) is 86.8 cm³/mol. The Morgan fingerprint density at radius 2 is 1.95 bits per heavy atom. The summed E-state index contributed by atoms with van der Waals surface area (Å²) in [6.45, 7) is 1.89. The maximum atomic E-state index is 12.3. The van der Waals surface area contributed by atoms with E-state index >= 15 is 0 Å². The third kappa shape index (κ3) is 3.43. The monoisotopic (exact) mass is 366 g/mol. The molecule has 0 aliphatic carbocycles. The van der Waals surface area contributed by atoms with Gasteiger partial charge in [-0.05, 0) is 52.7 Å². The molecular weight excluding hydrogens is 356 g/mol. The lowest BCUT2D eigenvalue weighted by Gasteiger charge is -2.10. The molecule has 0 saturated heterocycles. The van der Waals surface area contributed by atoms with Gasteiger partial charge >= 0.3 is 0 Å². The molecule has 2 rings (SSSR count). The third-order valence-corrected chi connectivity index (χ3v) is 4.32. The fourth-order valence-corrected chi connectivity index (χ4v) is 2.40. The lowest BCUT2D eigenvalue weighted by molar-refractivity contribution is 0.0996. The van der Waals surface area contributed by atoms with E-state index in [1.165, 1.54) is 18.2 Å². The fourth-order valence-electron chi connectivity index (χ4n) is 1.79. The van der Waals surface area contributed by atoms with Crippen molar-refractivity contribution in [1.29, 1.82) is 0 Å². The summed E-state index contributed by atoms with van der Waals surface area (Å²) in [5, 5.41) is 3.01. The highest BCUT2D eigenvalue weighted by molar-refractivity contribution is 9.10. The van der Waals surface area contributed by atoms with Gasteiger partial charge in [0, 0.05) is 10.0 Å². The summed E-state index contributed by atoms with van der Waals surface area (Å²) in [4.78, 5) is 23.5. The second-order valence-corrected chi connectivity index (χ2v) is 5.65. The van der Waals surface area contributed by atoms with E-state index in [1.807, 2.05) is 13.0 Å². The Morgan fingerprint density at radius 3 is 2.62 bits per heavy atom. The van der Waals surface area contributed by atoms with Crippen LogP contribution in [0.15, 0.2) is 40.9 Å². The number of nitrogens with two attached hydrogens (primary N) is 1. The van der Waals surface area contributed by atoms with Crippen LogP contribution < -0.4 is 11.1 Å². The number of aryl methyl sites for hydroxylation is 1. The van der Waals surface area contributed by atoms with E-state index in [1.54, 1.807) is 12.1 Å². The Balaban J connectivity index is 2.33. The number of nitrogens with one attached hydrogen (secondary N) is 1. The molecular formula is C15H12BrClN2O2. The molecule has 108 valence electrons. The van der Waals surface area contributed by atoms with Crippen molar-refractivity contribution in [3.63, 3.8) is 0 Å². The highest BCUT2D eigenvalue weighted by Gasteiger charge is 2.14. The molecule has 4 nitrogen and oxygen atoms in total. The molecule has 0 radical (unpaired) electrons. The van der Waals surface area contributed by atoms with E-state index < -0.39 is 5.91 Å². The summed E-state index contributed by atoms with van der Waals surface area (Å²) in [5.41, 5.74) is 7.26. The summed E-state index contributed by atoms with van der Waals surface area (Å²) in [7, 11) is 0. The minimum atomic E-state index is -0.584. The molecule has 0 spiro atoms. The normalized spacial score (nSPS) is 10.2. The van der Waals surface area contributed by atoms with Gasteiger partial charge in [0.1, 0.15) is 0 Å². The topological polar surface area (TPSA) is 72.2 Å². The number of benzene rings is 2. The van der Waals surface area contributed by atoms with Crippen LogP contribution in [0, 0.1) is 6.92 Å². The van der Waals surface area contributed by atoms with Gasteiger partial charge in [-0.15, -0.1) is 0 Å². The van der Waals surface area contributed by atoms with E-state index in [2.05, 4.69) is 21.2 Å². The van der Waals surface area contributed by atoms with E-state index in [0.717, 1.165) is 5.56 Å². The van der Waals surface area contributed by atoms with Gasteiger partial charge in [-0.25, -0.2) is 0 Å². The fraction of sp³-hybridized carbons (Fsp3) is 0.0667. The van der Waals surface area contributed by atoms with Gasteiger partial charge < -0.3 is 11.1 Å². The number of amides is 2. The van der Waals surface area contributed by atoms with Crippen molar-refractivity contribution in [2.75, 3.05) is 5.32 Å². The highest BCUT2D eigenvalue weighted by atomic mass is 79.9. The minimum absolute atomic E-state index is 0.276. The highest BCUT2D eigenvalue weighted by Crippen LogP contribution is 2.26. The Hall–Kier alpha value is -1.85. The summed E-state index contributed by atoms with van der Waals surface area (Å²) < 4.78 is 0.713. The molecule has 3 N–H and O–H groups in total. The van der Waals surface area contributed by atoms with Crippen LogP contribution in [-0.4, -0.2) is 11.8 Å². The second-order valence-electron chi connectivity index (χ2n) is 4.45. The summed E-state index contributed by atoms with van der Waals surface area (Å²) >= 11 is 9.41. The van der Waals surface area contributed by atoms with Gasteiger partial charge in [-0.2, -0.15) is 0 Å². The molecule has 2 aromatic rings. The maximum Gasteiger partial charge on any atom is 0.256 e. The average Bonchev–Trinajstić information content (AvgIpc) is 2.43. The van der Waals surface area contributed by atoms with Crippen molar-refractivity contribution in [1.82, 2.24) is 0 Å². The first-order chi connectivity index (χ1) is 9.90. The Bertz CT molecular complexity index is 732. The number of hydrogen-bond donors (Lipinski definition) is 2.